The molecule has 37 heavy (non-hydrogen) atoms. The first-order chi connectivity index (χ1) is 17.9. The first kappa shape index (κ1) is 27.3. The number of carbonyl (C=O) groups excluding carboxylic acids is 2. The highest BCUT2D eigenvalue weighted by molar-refractivity contribution is 5.92. The minimum atomic E-state index is -0.480. The zero-order valence-electron chi connectivity index (χ0n) is 21.8. The normalized spacial score (nSPS) is 11.0. The van der Waals surface area contributed by atoms with Gasteiger partial charge in [-0.25, -0.2) is 9.59 Å². The van der Waals surface area contributed by atoms with E-state index < -0.39 is 5.97 Å². The number of ether oxygens (including phenoxy) is 3. The highest BCUT2D eigenvalue weighted by Gasteiger charge is 2.13. The third-order valence-corrected chi connectivity index (χ3v) is 5.71. The number of amides is 2. The van der Waals surface area contributed by atoms with Crippen LogP contribution in [0.1, 0.15) is 25.0 Å². The number of benzene rings is 3. The number of nitrogens with one attached hydrogen (secondary N) is 1. The topological polar surface area (TPSA) is 77.1 Å². The third-order valence-electron chi connectivity index (χ3n) is 5.71. The van der Waals surface area contributed by atoms with Crippen LogP contribution >= 0.6 is 0 Å². The lowest BCUT2D eigenvalue weighted by atomic mass is 10.0. The SMILES string of the molecule is CCOC(=O)/C(=C/c1ccc(-c2cccc(N(C)C(=O)NCCc3ccc(OC)cc3)c2)cc1)OCC. The quantitative estimate of drug-likeness (QED) is 0.207. The number of hydrogen-bond acceptors (Lipinski definition) is 5. The molecule has 7 nitrogen and oxygen atoms in total. The number of esters is 1. The second kappa shape index (κ2) is 13.7. The standard InChI is InChI=1S/C30H34N2O5/c1-5-36-28(29(33)37-6-2)20-23-10-14-24(15-11-23)25-8-7-9-26(21-25)32(3)30(34)31-19-18-22-12-16-27(35-4)17-13-22/h7-17,20-21H,5-6,18-19H2,1-4H3,(H,31,34)/b28-20-. The van der Waals surface area contributed by atoms with Crippen LogP contribution in [0.15, 0.2) is 78.6 Å². The maximum absolute atomic E-state index is 12.7. The number of nitrogens with zero attached hydrogens (tertiary/aromatic N) is 1. The van der Waals surface area contributed by atoms with E-state index in [4.69, 9.17) is 14.2 Å². The van der Waals surface area contributed by atoms with Gasteiger partial charge < -0.3 is 19.5 Å². The van der Waals surface area contributed by atoms with Crippen LogP contribution in [-0.4, -0.2) is 45.9 Å². The Hall–Kier alpha value is -4.26. The summed E-state index contributed by atoms with van der Waals surface area (Å²) in [7, 11) is 3.39. The van der Waals surface area contributed by atoms with Gasteiger partial charge in [0.1, 0.15) is 5.75 Å². The van der Waals surface area contributed by atoms with Gasteiger partial charge in [-0.3, -0.25) is 4.90 Å². The Morgan fingerprint density at radius 2 is 1.59 bits per heavy atom. The summed E-state index contributed by atoms with van der Waals surface area (Å²) in [6.45, 7) is 4.76. The van der Waals surface area contributed by atoms with Crippen molar-refractivity contribution in [2.75, 3.05) is 38.8 Å². The predicted octanol–water partition coefficient (Wildman–Crippen LogP) is 5.69. The Morgan fingerprint density at radius 3 is 2.24 bits per heavy atom. The van der Waals surface area contributed by atoms with Crippen LogP contribution in [0.3, 0.4) is 0 Å². The summed E-state index contributed by atoms with van der Waals surface area (Å²) in [4.78, 5) is 26.4. The molecule has 0 atom stereocenters. The van der Waals surface area contributed by atoms with E-state index in [-0.39, 0.29) is 18.4 Å². The highest BCUT2D eigenvalue weighted by atomic mass is 16.6. The zero-order chi connectivity index (χ0) is 26.6. The van der Waals surface area contributed by atoms with Crippen LogP contribution in [0.4, 0.5) is 10.5 Å². The van der Waals surface area contributed by atoms with Gasteiger partial charge in [-0.1, -0.05) is 48.5 Å². The summed E-state index contributed by atoms with van der Waals surface area (Å²) in [6, 6.07) is 23.2. The van der Waals surface area contributed by atoms with Crippen molar-refractivity contribution < 1.29 is 23.8 Å². The lowest BCUT2D eigenvalue weighted by molar-refractivity contribution is -0.142. The van der Waals surface area contributed by atoms with Crippen molar-refractivity contribution in [2.45, 2.75) is 20.3 Å². The van der Waals surface area contributed by atoms with Crippen molar-refractivity contribution in [3.63, 3.8) is 0 Å². The van der Waals surface area contributed by atoms with E-state index in [1.54, 1.807) is 32.1 Å². The Morgan fingerprint density at radius 1 is 0.892 bits per heavy atom. The summed E-state index contributed by atoms with van der Waals surface area (Å²) < 4.78 is 15.7. The van der Waals surface area contributed by atoms with Crippen molar-refractivity contribution in [1.82, 2.24) is 5.32 Å². The molecule has 0 aliphatic rings. The van der Waals surface area contributed by atoms with Gasteiger partial charge in [0.25, 0.3) is 0 Å². The molecule has 0 bridgehead atoms. The lowest BCUT2D eigenvalue weighted by Crippen LogP contribution is -2.38. The Kier molecular flexibility index (Phi) is 10.1. The van der Waals surface area contributed by atoms with Crippen molar-refractivity contribution in [2.24, 2.45) is 0 Å². The fraction of sp³-hybridized carbons (Fsp3) is 0.267. The molecule has 3 aromatic carbocycles. The monoisotopic (exact) mass is 502 g/mol. The highest BCUT2D eigenvalue weighted by Crippen LogP contribution is 2.25. The summed E-state index contributed by atoms with van der Waals surface area (Å²) in [6.07, 6.45) is 2.40. The summed E-state index contributed by atoms with van der Waals surface area (Å²) in [5.41, 5.74) is 4.69. The van der Waals surface area contributed by atoms with E-state index >= 15 is 0 Å². The molecular weight excluding hydrogens is 468 g/mol. The van der Waals surface area contributed by atoms with Crippen LogP contribution in [0.5, 0.6) is 5.75 Å². The van der Waals surface area contributed by atoms with E-state index in [0.717, 1.165) is 40.1 Å². The maximum atomic E-state index is 12.7. The van der Waals surface area contributed by atoms with Gasteiger partial charge >= 0.3 is 12.0 Å². The van der Waals surface area contributed by atoms with E-state index in [1.165, 1.54) is 0 Å². The summed E-state index contributed by atoms with van der Waals surface area (Å²) in [5.74, 6) is 0.510. The van der Waals surface area contributed by atoms with E-state index in [0.29, 0.717) is 13.2 Å². The van der Waals surface area contributed by atoms with Gasteiger partial charge in [-0.2, -0.15) is 0 Å². The minimum Gasteiger partial charge on any atom is -0.497 e. The Bertz CT molecular complexity index is 1200. The van der Waals surface area contributed by atoms with Gasteiger partial charge in [0, 0.05) is 19.3 Å². The fourth-order valence-electron chi connectivity index (χ4n) is 3.68. The molecule has 0 spiro atoms. The number of hydrogen-bond donors (Lipinski definition) is 1. The van der Waals surface area contributed by atoms with E-state index in [9.17, 15) is 9.59 Å². The summed E-state index contributed by atoms with van der Waals surface area (Å²) >= 11 is 0. The van der Waals surface area contributed by atoms with Crippen molar-refractivity contribution >= 4 is 23.8 Å². The molecule has 1 N–H and O–H groups in total. The van der Waals surface area contributed by atoms with Crippen LogP contribution in [0.2, 0.25) is 0 Å². The molecule has 0 heterocycles. The number of anilines is 1. The van der Waals surface area contributed by atoms with Crippen LogP contribution in [0, 0.1) is 0 Å². The second-order valence-corrected chi connectivity index (χ2v) is 8.22. The van der Waals surface area contributed by atoms with Gasteiger partial charge in [0.15, 0.2) is 0 Å². The molecule has 194 valence electrons. The van der Waals surface area contributed by atoms with E-state index in [1.807, 2.05) is 79.7 Å². The van der Waals surface area contributed by atoms with Gasteiger partial charge in [0.2, 0.25) is 5.76 Å². The smallest absolute Gasteiger partial charge is 0.373 e. The molecule has 0 radical (unpaired) electrons. The minimum absolute atomic E-state index is 0.173. The molecule has 0 aliphatic heterocycles. The lowest BCUT2D eigenvalue weighted by Gasteiger charge is -2.19. The van der Waals surface area contributed by atoms with Crippen molar-refractivity contribution in [1.29, 1.82) is 0 Å². The molecule has 2 amide bonds. The first-order valence-corrected chi connectivity index (χ1v) is 12.3. The number of methoxy groups -OCH3 is 1. The maximum Gasteiger partial charge on any atom is 0.373 e. The van der Waals surface area contributed by atoms with Crippen LogP contribution in [-0.2, 0) is 20.7 Å². The Balaban J connectivity index is 1.64. The van der Waals surface area contributed by atoms with Crippen LogP contribution < -0.4 is 15.0 Å². The molecule has 0 aliphatic carbocycles. The number of carbonyl (C=O) groups is 2. The summed E-state index contributed by atoms with van der Waals surface area (Å²) in [5, 5.41) is 2.97. The van der Waals surface area contributed by atoms with Gasteiger partial charge in [-0.05, 0) is 72.9 Å². The molecule has 0 unspecified atom stereocenters. The van der Waals surface area contributed by atoms with Crippen molar-refractivity contribution in [3.05, 3.63) is 89.7 Å². The largest absolute Gasteiger partial charge is 0.497 e. The third kappa shape index (κ3) is 7.87. The number of urea groups is 1. The van der Waals surface area contributed by atoms with Crippen molar-refractivity contribution in [3.8, 4) is 16.9 Å². The molecule has 0 saturated carbocycles. The predicted molar refractivity (Wildman–Crippen MR) is 147 cm³/mol. The molecule has 7 heteroatoms. The molecule has 3 aromatic rings. The number of rotatable bonds is 11. The molecular formula is C30H34N2O5. The molecule has 0 fully saturated rings. The second-order valence-electron chi connectivity index (χ2n) is 8.22. The molecule has 0 saturated heterocycles. The molecule has 0 aromatic heterocycles. The first-order valence-electron chi connectivity index (χ1n) is 12.3. The molecule has 3 rings (SSSR count). The average molecular weight is 503 g/mol. The van der Waals surface area contributed by atoms with Gasteiger partial charge in [0.05, 0.1) is 20.3 Å². The van der Waals surface area contributed by atoms with Crippen LogP contribution in [0.25, 0.3) is 17.2 Å². The van der Waals surface area contributed by atoms with Gasteiger partial charge in [-0.15, -0.1) is 0 Å². The Labute approximate surface area is 218 Å². The van der Waals surface area contributed by atoms with E-state index in [2.05, 4.69) is 5.32 Å². The fourth-order valence-corrected chi connectivity index (χ4v) is 3.68. The zero-order valence-corrected chi connectivity index (χ0v) is 21.8. The average Bonchev–Trinajstić information content (AvgIpc) is 2.93.